The van der Waals surface area contributed by atoms with Crippen LogP contribution in [0, 0.1) is 6.92 Å². The van der Waals surface area contributed by atoms with Gasteiger partial charge in [-0.15, -0.1) is 0 Å². The van der Waals surface area contributed by atoms with Gasteiger partial charge < -0.3 is 5.32 Å². The molecule has 2 heterocycles. The summed E-state index contributed by atoms with van der Waals surface area (Å²) >= 11 is 12.1. The van der Waals surface area contributed by atoms with Gasteiger partial charge in [0.2, 0.25) is 0 Å². The van der Waals surface area contributed by atoms with Gasteiger partial charge in [0, 0.05) is 24.5 Å². The van der Waals surface area contributed by atoms with Gasteiger partial charge in [-0.3, -0.25) is 4.98 Å². The Morgan fingerprint density at radius 3 is 2.53 bits per heavy atom. The molecule has 0 spiro atoms. The molecule has 0 aliphatic carbocycles. The molecule has 0 amide bonds. The molecular weight excluding hydrogens is 257 g/mol. The van der Waals surface area contributed by atoms with Crippen LogP contribution in [0.25, 0.3) is 11.3 Å². The molecule has 0 unspecified atom stereocenters. The van der Waals surface area contributed by atoms with Crippen LogP contribution in [0.5, 0.6) is 0 Å². The Morgan fingerprint density at radius 1 is 1.18 bits per heavy atom. The maximum absolute atomic E-state index is 6.13. The number of rotatable bonds is 2. The molecule has 2 aromatic rings. The molecule has 0 saturated carbocycles. The Balaban J connectivity index is 2.55. The zero-order valence-corrected chi connectivity index (χ0v) is 11.0. The lowest BCUT2D eigenvalue weighted by Crippen LogP contribution is -1.96. The summed E-state index contributed by atoms with van der Waals surface area (Å²) in [4.78, 5) is 8.60. The zero-order chi connectivity index (χ0) is 12.4. The fraction of sp³-hybridized carbons (Fsp3) is 0.167. The fourth-order valence-corrected chi connectivity index (χ4v) is 2.01. The summed E-state index contributed by atoms with van der Waals surface area (Å²) in [5.74, 6) is 0.603. The maximum Gasteiger partial charge on any atom is 0.145 e. The average Bonchev–Trinajstić information content (AvgIpc) is 2.31. The van der Waals surface area contributed by atoms with Crippen LogP contribution in [0.4, 0.5) is 5.82 Å². The molecule has 0 fully saturated rings. The molecular formula is C12H11Cl2N3. The lowest BCUT2D eigenvalue weighted by atomic mass is 10.2. The first-order valence-corrected chi connectivity index (χ1v) is 5.84. The predicted octanol–water partition coefficient (Wildman–Crippen LogP) is 3.80. The van der Waals surface area contributed by atoms with Gasteiger partial charge in [-0.1, -0.05) is 23.2 Å². The Kier molecular flexibility index (Phi) is 3.50. The van der Waals surface area contributed by atoms with Crippen LogP contribution in [0.1, 0.15) is 5.69 Å². The van der Waals surface area contributed by atoms with Gasteiger partial charge >= 0.3 is 0 Å². The van der Waals surface area contributed by atoms with E-state index in [2.05, 4.69) is 15.3 Å². The van der Waals surface area contributed by atoms with Gasteiger partial charge in [0.25, 0.3) is 0 Å². The van der Waals surface area contributed by atoms with Crippen molar-refractivity contribution in [3.05, 3.63) is 40.1 Å². The summed E-state index contributed by atoms with van der Waals surface area (Å²) in [5.41, 5.74) is 2.49. The predicted molar refractivity (Wildman–Crippen MR) is 71.8 cm³/mol. The summed E-state index contributed by atoms with van der Waals surface area (Å²) in [7, 11) is 1.76. The normalized spacial score (nSPS) is 10.4. The molecule has 1 N–H and O–H groups in total. The minimum absolute atomic E-state index is 0.501. The molecule has 17 heavy (non-hydrogen) atoms. The molecule has 2 rings (SSSR count). The number of nitrogens with zero attached hydrogens (tertiary/aromatic N) is 2. The summed E-state index contributed by atoms with van der Waals surface area (Å²) in [6.07, 6.45) is 1.75. The van der Waals surface area contributed by atoms with E-state index in [-0.39, 0.29) is 0 Å². The molecule has 5 heteroatoms. The number of hydrogen-bond donors (Lipinski definition) is 1. The van der Waals surface area contributed by atoms with Crippen molar-refractivity contribution in [3.8, 4) is 11.3 Å². The van der Waals surface area contributed by atoms with E-state index in [0.717, 1.165) is 11.3 Å². The molecule has 0 aromatic carbocycles. The molecule has 0 aliphatic rings. The van der Waals surface area contributed by atoms with Gasteiger partial charge in [-0.25, -0.2) is 4.98 Å². The standard InChI is InChI=1S/C12H11Cl2N3/c1-7-3-4-8(6-16-7)11-9(13)5-10(14)12(15-2)17-11/h3-6H,1-2H3,(H,15,17). The summed E-state index contributed by atoms with van der Waals surface area (Å²) in [6, 6.07) is 5.53. The largest absolute Gasteiger partial charge is 0.372 e. The van der Waals surface area contributed by atoms with E-state index in [0.29, 0.717) is 21.6 Å². The number of nitrogens with one attached hydrogen (secondary N) is 1. The molecule has 0 aliphatic heterocycles. The van der Waals surface area contributed by atoms with Crippen molar-refractivity contribution >= 4 is 29.0 Å². The van der Waals surface area contributed by atoms with Gasteiger partial charge in [0.1, 0.15) is 5.82 Å². The lowest BCUT2D eigenvalue weighted by Gasteiger charge is -2.08. The molecule has 3 nitrogen and oxygen atoms in total. The molecule has 0 atom stereocenters. The summed E-state index contributed by atoms with van der Waals surface area (Å²) < 4.78 is 0. The Hall–Kier alpha value is -1.32. The summed E-state index contributed by atoms with van der Waals surface area (Å²) in [5, 5.41) is 3.94. The zero-order valence-electron chi connectivity index (χ0n) is 9.46. The third-order valence-corrected chi connectivity index (χ3v) is 2.93. The van der Waals surface area contributed by atoms with Crippen molar-refractivity contribution in [2.45, 2.75) is 6.92 Å². The Morgan fingerprint density at radius 2 is 1.94 bits per heavy atom. The minimum atomic E-state index is 0.501. The van der Waals surface area contributed by atoms with Gasteiger partial charge in [0.15, 0.2) is 0 Å². The number of hydrogen-bond acceptors (Lipinski definition) is 3. The van der Waals surface area contributed by atoms with Crippen molar-refractivity contribution < 1.29 is 0 Å². The first kappa shape index (κ1) is 12.1. The van der Waals surface area contributed by atoms with Crippen molar-refractivity contribution in [2.24, 2.45) is 0 Å². The Bertz CT molecular complexity index is 538. The van der Waals surface area contributed by atoms with Crippen LogP contribution in [-0.2, 0) is 0 Å². The highest BCUT2D eigenvalue weighted by Gasteiger charge is 2.10. The second-order valence-corrected chi connectivity index (χ2v) is 4.40. The van der Waals surface area contributed by atoms with E-state index in [1.54, 1.807) is 19.3 Å². The van der Waals surface area contributed by atoms with Crippen LogP contribution < -0.4 is 5.32 Å². The highest BCUT2D eigenvalue weighted by atomic mass is 35.5. The van der Waals surface area contributed by atoms with E-state index >= 15 is 0 Å². The SMILES string of the molecule is CNc1nc(-c2ccc(C)nc2)c(Cl)cc1Cl. The first-order chi connectivity index (χ1) is 8.11. The van der Waals surface area contributed by atoms with Crippen LogP contribution >= 0.6 is 23.2 Å². The third-order valence-electron chi connectivity index (χ3n) is 2.35. The Labute approximate surface area is 110 Å². The topological polar surface area (TPSA) is 37.8 Å². The third kappa shape index (κ3) is 2.51. The summed E-state index contributed by atoms with van der Waals surface area (Å²) in [6.45, 7) is 1.93. The number of pyridine rings is 2. The van der Waals surface area contributed by atoms with Crippen molar-refractivity contribution in [2.75, 3.05) is 12.4 Å². The van der Waals surface area contributed by atoms with Crippen LogP contribution in [0.2, 0.25) is 10.0 Å². The number of halogens is 2. The van der Waals surface area contributed by atoms with Gasteiger partial charge in [-0.05, 0) is 25.1 Å². The molecule has 0 radical (unpaired) electrons. The van der Waals surface area contributed by atoms with Crippen LogP contribution in [0.15, 0.2) is 24.4 Å². The number of anilines is 1. The van der Waals surface area contributed by atoms with E-state index in [4.69, 9.17) is 23.2 Å². The van der Waals surface area contributed by atoms with Crippen LogP contribution in [0.3, 0.4) is 0 Å². The average molecular weight is 268 g/mol. The molecule has 2 aromatic heterocycles. The maximum atomic E-state index is 6.13. The smallest absolute Gasteiger partial charge is 0.145 e. The molecule has 0 saturated heterocycles. The number of aromatic nitrogens is 2. The van der Waals surface area contributed by atoms with Crippen molar-refractivity contribution in [1.29, 1.82) is 0 Å². The van der Waals surface area contributed by atoms with E-state index in [9.17, 15) is 0 Å². The highest BCUT2D eigenvalue weighted by molar-refractivity contribution is 6.37. The lowest BCUT2D eigenvalue weighted by molar-refractivity contribution is 1.19. The van der Waals surface area contributed by atoms with E-state index in [1.165, 1.54) is 0 Å². The quantitative estimate of drug-likeness (QED) is 0.900. The molecule has 88 valence electrons. The first-order valence-electron chi connectivity index (χ1n) is 5.08. The second kappa shape index (κ2) is 4.90. The van der Waals surface area contributed by atoms with Gasteiger partial charge in [0.05, 0.1) is 15.7 Å². The van der Waals surface area contributed by atoms with Gasteiger partial charge in [-0.2, -0.15) is 0 Å². The van der Waals surface area contributed by atoms with Crippen molar-refractivity contribution in [1.82, 2.24) is 9.97 Å². The second-order valence-electron chi connectivity index (χ2n) is 3.59. The van der Waals surface area contributed by atoms with E-state index < -0.39 is 0 Å². The molecule has 0 bridgehead atoms. The van der Waals surface area contributed by atoms with Crippen LogP contribution in [-0.4, -0.2) is 17.0 Å². The highest BCUT2D eigenvalue weighted by Crippen LogP contribution is 2.31. The minimum Gasteiger partial charge on any atom is -0.372 e. The van der Waals surface area contributed by atoms with E-state index in [1.807, 2.05) is 19.1 Å². The van der Waals surface area contributed by atoms with Crippen molar-refractivity contribution in [3.63, 3.8) is 0 Å². The fourth-order valence-electron chi connectivity index (χ4n) is 1.45. The monoisotopic (exact) mass is 267 g/mol. The number of aryl methyl sites for hydroxylation is 1.